The topological polar surface area (TPSA) is 38.3 Å². The summed E-state index contributed by atoms with van der Waals surface area (Å²) in [6, 6.07) is 13.5. The molecule has 2 aromatic carbocycles. The normalized spacial score (nSPS) is 16.4. The largest absolute Gasteiger partial charge is 0.480 e. The molecule has 20 heavy (non-hydrogen) atoms. The van der Waals surface area contributed by atoms with E-state index in [0.29, 0.717) is 6.42 Å². The number of anilines is 1. The number of halogens is 1. The van der Waals surface area contributed by atoms with Crippen LogP contribution < -0.4 is 10.1 Å². The van der Waals surface area contributed by atoms with Crippen molar-refractivity contribution in [2.24, 2.45) is 0 Å². The van der Waals surface area contributed by atoms with Gasteiger partial charge in [0.05, 0.1) is 0 Å². The van der Waals surface area contributed by atoms with Crippen LogP contribution in [0.3, 0.4) is 0 Å². The van der Waals surface area contributed by atoms with Gasteiger partial charge in [0, 0.05) is 16.6 Å². The van der Waals surface area contributed by atoms with Gasteiger partial charge < -0.3 is 10.1 Å². The van der Waals surface area contributed by atoms with E-state index in [1.54, 1.807) is 0 Å². The van der Waals surface area contributed by atoms with Gasteiger partial charge in [-0.25, -0.2) is 0 Å². The van der Waals surface area contributed by atoms with E-state index in [9.17, 15) is 4.79 Å². The molecule has 0 aromatic heterocycles. The third kappa shape index (κ3) is 2.56. The number of benzene rings is 2. The van der Waals surface area contributed by atoms with Crippen LogP contribution >= 0.6 is 15.9 Å². The minimum Gasteiger partial charge on any atom is -0.480 e. The van der Waals surface area contributed by atoms with E-state index in [-0.39, 0.29) is 5.91 Å². The first kappa shape index (κ1) is 13.2. The molecule has 0 fully saturated rings. The molecule has 1 aliphatic rings. The lowest BCUT2D eigenvalue weighted by molar-refractivity contribution is -0.122. The lowest BCUT2D eigenvalue weighted by Gasteiger charge is -2.13. The van der Waals surface area contributed by atoms with Gasteiger partial charge in [-0.05, 0) is 42.3 Å². The zero-order valence-electron chi connectivity index (χ0n) is 11.0. The molecule has 0 aliphatic carbocycles. The van der Waals surface area contributed by atoms with Crippen LogP contribution in [0, 0.1) is 6.92 Å². The molecule has 0 bridgehead atoms. The lowest BCUT2D eigenvalue weighted by atomic mass is 10.1. The van der Waals surface area contributed by atoms with Crippen molar-refractivity contribution in [3.05, 3.63) is 58.1 Å². The first-order valence-electron chi connectivity index (χ1n) is 6.45. The van der Waals surface area contributed by atoms with Crippen LogP contribution in [0.1, 0.15) is 11.1 Å². The minimum atomic E-state index is -0.449. The predicted octanol–water partition coefficient (Wildman–Crippen LogP) is 3.70. The quantitative estimate of drug-likeness (QED) is 0.911. The molecule has 1 N–H and O–H groups in total. The van der Waals surface area contributed by atoms with E-state index in [1.807, 2.05) is 49.4 Å². The van der Waals surface area contributed by atoms with Gasteiger partial charge in [0.2, 0.25) is 0 Å². The van der Waals surface area contributed by atoms with Gasteiger partial charge in [0.1, 0.15) is 5.75 Å². The highest BCUT2D eigenvalue weighted by atomic mass is 79.9. The molecule has 0 spiro atoms. The standard InChI is InChI=1S/C16H14BrNO2/c1-10-8-12(17)6-7-13(10)18-16(19)15-9-11-4-2-3-5-14(11)20-15/h2-8,15H,9H2,1H3,(H,18,19)/t15-/m0/s1. The fourth-order valence-corrected chi connectivity index (χ4v) is 2.78. The number of carbonyl (C=O) groups excluding carboxylic acids is 1. The van der Waals surface area contributed by atoms with Crippen LogP contribution in [0.25, 0.3) is 0 Å². The molecular formula is C16H14BrNO2. The van der Waals surface area contributed by atoms with Crippen LogP contribution in [0.15, 0.2) is 46.9 Å². The Morgan fingerprint density at radius 3 is 2.85 bits per heavy atom. The number of fused-ring (bicyclic) bond motifs is 1. The van der Waals surface area contributed by atoms with Gasteiger partial charge in [-0.3, -0.25) is 4.79 Å². The molecular weight excluding hydrogens is 318 g/mol. The predicted molar refractivity (Wildman–Crippen MR) is 82.1 cm³/mol. The lowest BCUT2D eigenvalue weighted by Crippen LogP contribution is -2.31. The average molecular weight is 332 g/mol. The van der Waals surface area contributed by atoms with Crippen LogP contribution in [0.4, 0.5) is 5.69 Å². The third-order valence-electron chi connectivity index (χ3n) is 3.39. The average Bonchev–Trinajstić information content (AvgIpc) is 2.86. The summed E-state index contributed by atoms with van der Waals surface area (Å²) >= 11 is 3.41. The van der Waals surface area contributed by atoms with Crippen molar-refractivity contribution < 1.29 is 9.53 Å². The van der Waals surface area contributed by atoms with Crippen LogP contribution in [-0.2, 0) is 11.2 Å². The highest BCUT2D eigenvalue weighted by Crippen LogP contribution is 2.29. The smallest absolute Gasteiger partial charge is 0.265 e. The van der Waals surface area contributed by atoms with Gasteiger partial charge in [-0.1, -0.05) is 34.1 Å². The van der Waals surface area contributed by atoms with Crippen molar-refractivity contribution >= 4 is 27.5 Å². The molecule has 0 unspecified atom stereocenters. The second kappa shape index (κ2) is 5.29. The zero-order valence-corrected chi connectivity index (χ0v) is 12.6. The Balaban J connectivity index is 1.72. The molecule has 0 saturated heterocycles. The van der Waals surface area contributed by atoms with E-state index >= 15 is 0 Å². The Bertz CT molecular complexity index is 644. The van der Waals surface area contributed by atoms with E-state index in [0.717, 1.165) is 27.0 Å². The number of carbonyl (C=O) groups is 1. The number of hydrogen-bond acceptors (Lipinski definition) is 2. The molecule has 1 amide bonds. The SMILES string of the molecule is Cc1cc(Br)ccc1NC(=O)[C@@H]1Cc2ccccc2O1. The number of aryl methyl sites for hydroxylation is 1. The Morgan fingerprint density at radius 2 is 2.10 bits per heavy atom. The summed E-state index contributed by atoms with van der Waals surface area (Å²) in [5, 5.41) is 2.93. The zero-order chi connectivity index (χ0) is 14.1. The van der Waals surface area contributed by atoms with Gasteiger partial charge in [0.15, 0.2) is 6.10 Å². The molecule has 3 nitrogen and oxygen atoms in total. The van der Waals surface area contributed by atoms with E-state index in [4.69, 9.17) is 4.74 Å². The summed E-state index contributed by atoms with van der Waals surface area (Å²) in [6.45, 7) is 1.96. The second-order valence-electron chi connectivity index (χ2n) is 4.87. The molecule has 0 saturated carbocycles. The van der Waals surface area contributed by atoms with Crippen molar-refractivity contribution in [3.63, 3.8) is 0 Å². The third-order valence-corrected chi connectivity index (χ3v) is 3.88. The van der Waals surface area contributed by atoms with Crippen molar-refractivity contribution in [2.45, 2.75) is 19.4 Å². The second-order valence-corrected chi connectivity index (χ2v) is 5.78. The number of rotatable bonds is 2. The van der Waals surface area contributed by atoms with Gasteiger partial charge in [-0.2, -0.15) is 0 Å². The number of ether oxygens (including phenoxy) is 1. The highest BCUT2D eigenvalue weighted by Gasteiger charge is 2.28. The fourth-order valence-electron chi connectivity index (χ4n) is 2.31. The number of para-hydroxylation sites is 1. The van der Waals surface area contributed by atoms with E-state index in [2.05, 4.69) is 21.2 Å². The fraction of sp³-hybridized carbons (Fsp3) is 0.188. The maximum absolute atomic E-state index is 12.3. The molecule has 1 atom stereocenters. The maximum Gasteiger partial charge on any atom is 0.265 e. The molecule has 3 rings (SSSR count). The van der Waals surface area contributed by atoms with Crippen molar-refractivity contribution in [1.29, 1.82) is 0 Å². The summed E-state index contributed by atoms with van der Waals surface area (Å²) in [7, 11) is 0. The Morgan fingerprint density at radius 1 is 1.30 bits per heavy atom. The monoisotopic (exact) mass is 331 g/mol. The van der Waals surface area contributed by atoms with E-state index < -0.39 is 6.10 Å². The minimum absolute atomic E-state index is 0.105. The maximum atomic E-state index is 12.3. The first-order chi connectivity index (χ1) is 9.63. The summed E-state index contributed by atoms with van der Waals surface area (Å²) in [5.41, 5.74) is 2.92. The number of hydrogen-bond donors (Lipinski definition) is 1. The van der Waals surface area contributed by atoms with Gasteiger partial charge >= 0.3 is 0 Å². The number of nitrogens with one attached hydrogen (secondary N) is 1. The highest BCUT2D eigenvalue weighted by molar-refractivity contribution is 9.10. The Hall–Kier alpha value is -1.81. The summed E-state index contributed by atoms with van der Waals surface area (Å²) < 4.78 is 6.68. The number of amides is 1. The molecule has 1 aliphatic heterocycles. The van der Waals surface area contributed by atoms with E-state index in [1.165, 1.54) is 0 Å². The molecule has 102 valence electrons. The Kier molecular flexibility index (Phi) is 3.49. The van der Waals surface area contributed by atoms with Gasteiger partial charge in [0.25, 0.3) is 5.91 Å². The molecule has 1 heterocycles. The summed E-state index contributed by atoms with van der Waals surface area (Å²) in [4.78, 5) is 12.3. The first-order valence-corrected chi connectivity index (χ1v) is 7.24. The van der Waals surface area contributed by atoms with Crippen LogP contribution in [0.5, 0.6) is 5.75 Å². The van der Waals surface area contributed by atoms with Crippen LogP contribution in [0.2, 0.25) is 0 Å². The van der Waals surface area contributed by atoms with Crippen molar-refractivity contribution in [1.82, 2.24) is 0 Å². The van der Waals surface area contributed by atoms with Crippen molar-refractivity contribution in [2.75, 3.05) is 5.32 Å². The molecule has 4 heteroatoms. The Labute approximate surface area is 126 Å². The van der Waals surface area contributed by atoms with Crippen LogP contribution in [-0.4, -0.2) is 12.0 Å². The summed E-state index contributed by atoms with van der Waals surface area (Å²) in [5.74, 6) is 0.701. The summed E-state index contributed by atoms with van der Waals surface area (Å²) in [6.07, 6.45) is 0.174. The van der Waals surface area contributed by atoms with Crippen molar-refractivity contribution in [3.8, 4) is 5.75 Å². The van der Waals surface area contributed by atoms with Gasteiger partial charge in [-0.15, -0.1) is 0 Å². The molecule has 0 radical (unpaired) electrons. The molecule has 2 aromatic rings.